The van der Waals surface area contributed by atoms with Gasteiger partial charge in [0.05, 0.1) is 6.42 Å². The van der Waals surface area contributed by atoms with Gasteiger partial charge < -0.3 is 20.5 Å². The van der Waals surface area contributed by atoms with Gasteiger partial charge in [-0.1, -0.05) is 62.4 Å². The van der Waals surface area contributed by atoms with Gasteiger partial charge in [-0.15, -0.1) is 0 Å². The molecule has 0 bridgehead atoms. The minimum absolute atomic E-state index is 0.0595. The molecule has 1 aliphatic rings. The molecule has 0 aromatic heterocycles. The van der Waals surface area contributed by atoms with E-state index in [1.165, 1.54) is 0 Å². The van der Waals surface area contributed by atoms with E-state index in [9.17, 15) is 14.4 Å². The number of ether oxygens (including phenoxy) is 1. The van der Waals surface area contributed by atoms with Gasteiger partial charge in [0, 0.05) is 12.0 Å². The first-order valence-electron chi connectivity index (χ1n) is 11.4. The lowest BCUT2D eigenvalue weighted by Gasteiger charge is -2.25. The second kappa shape index (κ2) is 11.9. The number of thioether (sulfide) groups is 1. The van der Waals surface area contributed by atoms with Crippen molar-refractivity contribution in [3.63, 3.8) is 0 Å². The molecule has 3 N–H and O–H groups in total. The van der Waals surface area contributed by atoms with Crippen LogP contribution in [0.2, 0.25) is 0 Å². The van der Waals surface area contributed by atoms with E-state index >= 15 is 0 Å². The molecule has 0 radical (unpaired) electrons. The first-order valence-corrected chi connectivity index (χ1v) is 12.8. The van der Waals surface area contributed by atoms with Crippen LogP contribution in [-0.4, -0.2) is 53.8 Å². The van der Waals surface area contributed by atoms with Crippen LogP contribution in [0.5, 0.6) is 0 Å². The molecular weight excluding hydrogens is 452 g/mol. The fraction of sp³-hybridized carbons (Fsp3) is 0.423. The minimum atomic E-state index is -0.982. The number of alkyl carbamates (subject to hydrolysis) is 1. The Hall–Kier alpha value is -3.00. The summed E-state index contributed by atoms with van der Waals surface area (Å²) >= 11 is 1.56. The van der Waals surface area contributed by atoms with E-state index in [4.69, 9.17) is 9.84 Å². The molecule has 0 saturated carbocycles. The summed E-state index contributed by atoms with van der Waals surface area (Å²) in [6.07, 6.45) is 1.49. The fourth-order valence-electron chi connectivity index (χ4n) is 4.21. The second-order valence-electron chi connectivity index (χ2n) is 8.76. The molecule has 1 unspecified atom stereocenters. The van der Waals surface area contributed by atoms with Crippen molar-refractivity contribution in [3.05, 3.63) is 59.7 Å². The van der Waals surface area contributed by atoms with Gasteiger partial charge in [0.1, 0.15) is 12.6 Å². The van der Waals surface area contributed by atoms with Gasteiger partial charge in [-0.05, 0) is 46.6 Å². The van der Waals surface area contributed by atoms with Gasteiger partial charge in [-0.25, -0.2) is 4.79 Å². The first kappa shape index (κ1) is 25.6. The van der Waals surface area contributed by atoms with Gasteiger partial charge in [0.15, 0.2) is 0 Å². The minimum Gasteiger partial charge on any atom is -0.481 e. The Morgan fingerprint density at radius 1 is 1.00 bits per heavy atom. The number of carboxylic acid groups (broad SMARTS) is 1. The predicted octanol–water partition coefficient (Wildman–Crippen LogP) is 4.26. The number of aliphatic carboxylic acids is 1. The zero-order valence-electron chi connectivity index (χ0n) is 19.7. The molecule has 2 aromatic carbocycles. The number of carboxylic acids is 1. The highest BCUT2D eigenvalue weighted by atomic mass is 32.2. The maximum absolute atomic E-state index is 12.9. The molecule has 182 valence electrons. The van der Waals surface area contributed by atoms with E-state index in [-0.39, 0.29) is 24.9 Å². The Bertz CT molecular complexity index is 980. The van der Waals surface area contributed by atoms with Crippen LogP contribution in [-0.2, 0) is 14.3 Å². The molecule has 0 heterocycles. The number of nitrogens with one attached hydrogen (secondary N) is 2. The Labute approximate surface area is 204 Å². The second-order valence-corrected chi connectivity index (χ2v) is 9.75. The molecule has 2 atom stereocenters. The summed E-state index contributed by atoms with van der Waals surface area (Å²) in [5, 5.41) is 14.6. The van der Waals surface area contributed by atoms with E-state index in [0.29, 0.717) is 12.2 Å². The van der Waals surface area contributed by atoms with Crippen LogP contribution < -0.4 is 10.6 Å². The third-order valence-electron chi connectivity index (χ3n) is 6.09. The largest absolute Gasteiger partial charge is 0.481 e. The molecule has 0 aliphatic heterocycles. The van der Waals surface area contributed by atoms with Crippen LogP contribution in [0.3, 0.4) is 0 Å². The molecule has 0 fully saturated rings. The van der Waals surface area contributed by atoms with Gasteiger partial charge in [-0.3, -0.25) is 9.59 Å². The summed E-state index contributed by atoms with van der Waals surface area (Å²) < 4.78 is 5.59. The lowest BCUT2D eigenvalue weighted by molar-refractivity contribution is -0.138. The number of carbonyl (C=O) groups is 3. The van der Waals surface area contributed by atoms with Crippen molar-refractivity contribution < 1.29 is 24.2 Å². The topological polar surface area (TPSA) is 105 Å². The normalized spacial score (nSPS) is 14.1. The summed E-state index contributed by atoms with van der Waals surface area (Å²) in [7, 11) is 0. The molecule has 0 saturated heterocycles. The van der Waals surface area contributed by atoms with Crippen LogP contribution >= 0.6 is 11.8 Å². The Morgan fingerprint density at radius 2 is 1.59 bits per heavy atom. The van der Waals surface area contributed by atoms with Crippen LogP contribution in [0, 0.1) is 5.92 Å². The number of fused-ring (bicyclic) bond motifs is 3. The summed E-state index contributed by atoms with van der Waals surface area (Å²) in [6, 6.07) is 14.8. The number of amides is 2. The Kier molecular flexibility index (Phi) is 8.98. The van der Waals surface area contributed by atoms with Crippen molar-refractivity contribution in [1.82, 2.24) is 10.6 Å². The Balaban J connectivity index is 1.65. The monoisotopic (exact) mass is 484 g/mol. The average molecular weight is 485 g/mol. The van der Waals surface area contributed by atoms with Crippen molar-refractivity contribution in [2.45, 2.75) is 44.7 Å². The lowest BCUT2D eigenvalue weighted by Crippen LogP contribution is -2.51. The zero-order chi connectivity index (χ0) is 24.7. The SMILES string of the molecule is CSCCC(NC(=O)OCC1c2ccccc2-c2ccccc21)C(=O)N[C@@H](CC(=O)O)C(C)C. The highest BCUT2D eigenvalue weighted by molar-refractivity contribution is 7.98. The molecule has 1 aliphatic carbocycles. The van der Waals surface area contributed by atoms with E-state index in [2.05, 4.69) is 22.8 Å². The van der Waals surface area contributed by atoms with Gasteiger partial charge in [0.25, 0.3) is 0 Å². The molecule has 7 nitrogen and oxygen atoms in total. The molecule has 2 aromatic rings. The third kappa shape index (κ3) is 6.32. The van der Waals surface area contributed by atoms with Crippen molar-refractivity contribution in [2.24, 2.45) is 5.92 Å². The molecule has 3 rings (SSSR count). The van der Waals surface area contributed by atoms with Crippen molar-refractivity contribution in [1.29, 1.82) is 0 Å². The number of benzene rings is 2. The van der Waals surface area contributed by atoms with Crippen molar-refractivity contribution in [2.75, 3.05) is 18.6 Å². The molecule has 2 amide bonds. The zero-order valence-corrected chi connectivity index (χ0v) is 20.6. The quantitative estimate of drug-likeness (QED) is 0.440. The highest BCUT2D eigenvalue weighted by Gasteiger charge is 2.30. The van der Waals surface area contributed by atoms with Gasteiger partial charge in [-0.2, -0.15) is 11.8 Å². The fourth-order valence-corrected chi connectivity index (χ4v) is 4.68. The maximum Gasteiger partial charge on any atom is 0.407 e. The number of rotatable bonds is 11. The summed E-state index contributed by atoms with van der Waals surface area (Å²) in [4.78, 5) is 36.7. The summed E-state index contributed by atoms with van der Waals surface area (Å²) in [6.45, 7) is 3.86. The third-order valence-corrected chi connectivity index (χ3v) is 6.73. The maximum atomic E-state index is 12.9. The van der Waals surface area contributed by atoms with Crippen molar-refractivity contribution in [3.8, 4) is 11.1 Å². The molecular formula is C26H32N2O5S. The smallest absolute Gasteiger partial charge is 0.407 e. The van der Waals surface area contributed by atoms with Crippen LogP contribution in [0.4, 0.5) is 4.79 Å². The lowest BCUT2D eigenvalue weighted by atomic mass is 9.98. The standard InChI is InChI=1S/C26H32N2O5S/c1-16(2)23(14-24(29)30)27-25(31)22(12-13-34-3)28-26(32)33-15-21-19-10-6-4-8-17(19)18-9-5-7-11-20(18)21/h4-11,16,21-23H,12-15H2,1-3H3,(H,27,31)(H,28,32)(H,29,30)/t22?,23-/m0/s1. The summed E-state index contributed by atoms with van der Waals surface area (Å²) in [5.41, 5.74) is 4.51. The van der Waals surface area contributed by atoms with Crippen LogP contribution in [0.1, 0.15) is 43.7 Å². The first-order chi connectivity index (χ1) is 16.3. The number of hydrogen-bond donors (Lipinski definition) is 3. The summed E-state index contributed by atoms with van der Waals surface area (Å²) in [5.74, 6) is -0.854. The van der Waals surface area contributed by atoms with Gasteiger partial charge in [0.2, 0.25) is 5.91 Å². The van der Waals surface area contributed by atoms with E-state index in [1.54, 1.807) is 11.8 Å². The Morgan fingerprint density at radius 3 is 2.12 bits per heavy atom. The van der Waals surface area contributed by atoms with Crippen LogP contribution in [0.15, 0.2) is 48.5 Å². The molecule has 34 heavy (non-hydrogen) atoms. The van der Waals surface area contributed by atoms with E-state index in [1.807, 2.05) is 56.5 Å². The van der Waals surface area contributed by atoms with Crippen molar-refractivity contribution >= 4 is 29.7 Å². The highest BCUT2D eigenvalue weighted by Crippen LogP contribution is 2.44. The number of carbonyl (C=O) groups excluding carboxylic acids is 2. The molecule has 0 spiro atoms. The van der Waals surface area contributed by atoms with Gasteiger partial charge >= 0.3 is 12.1 Å². The molecule has 8 heteroatoms. The average Bonchev–Trinajstić information content (AvgIpc) is 3.13. The van der Waals surface area contributed by atoms with E-state index < -0.39 is 30.1 Å². The number of hydrogen-bond acceptors (Lipinski definition) is 5. The van der Waals surface area contributed by atoms with Crippen LogP contribution in [0.25, 0.3) is 11.1 Å². The predicted molar refractivity (Wildman–Crippen MR) is 134 cm³/mol. The van der Waals surface area contributed by atoms with E-state index in [0.717, 1.165) is 22.3 Å².